The molecule has 2 aromatic rings. The fourth-order valence-corrected chi connectivity index (χ4v) is 2.88. The minimum Gasteiger partial charge on any atom is -0.493 e. The normalized spacial score (nSPS) is 10.9. The number of thiazole rings is 1. The van der Waals surface area contributed by atoms with Crippen molar-refractivity contribution in [3.63, 3.8) is 0 Å². The average Bonchev–Trinajstić information content (AvgIpc) is 2.87. The van der Waals surface area contributed by atoms with Gasteiger partial charge in [-0.25, -0.2) is 4.98 Å². The van der Waals surface area contributed by atoms with Gasteiger partial charge >= 0.3 is 0 Å². The highest BCUT2D eigenvalue weighted by Crippen LogP contribution is 2.36. The molecule has 1 heterocycles. The van der Waals surface area contributed by atoms with E-state index in [0.29, 0.717) is 18.1 Å². The van der Waals surface area contributed by atoms with E-state index < -0.39 is 0 Å². The third-order valence-electron chi connectivity index (χ3n) is 2.53. The molecule has 0 aliphatic carbocycles. The number of nitrogens with zero attached hydrogens (tertiary/aromatic N) is 2. The quantitative estimate of drug-likeness (QED) is 0.615. The van der Waals surface area contributed by atoms with E-state index in [4.69, 9.17) is 9.47 Å². The maximum atomic E-state index is 5.55. The molecule has 0 amide bonds. The summed E-state index contributed by atoms with van der Waals surface area (Å²) in [6.07, 6.45) is 1.71. The fourth-order valence-electron chi connectivity index (χ4n) is 1.67. The summed E-state index contributed by atoms with van der Waals surface area (Å²) in [6, 6.07) is 3.79. The summed E-state index contributed by atoms with van der Waals surface area (Å²) in [4.78, 5) is 4.27. The summed E-state index contributed by atoms with van der Waals surface area (Å²) in [5, 5.41) is 6.90. The van der Waals surface area contributed by atoms with Crippen LogP contribution >= 0.6 is 27.3 Å². The van der Waals surface area contributed by atoms with Crippen molar-refractivity contribution in [2.75, 3.05) is 19.1 Å². The number of hydrazone groups is 1. The van der Waals surface area contributed by atoms with Crippen LogP contribution in [0.3, 0.4) is 0 Å². The third kappa shape index (κ3) is 4.18. The van der Waals surface area contributed by atoms with Gasteiger partial charge in [0.1, 0.15) is 0 Å². The molecular weight excluding hydrogens is 354 g/mol. The Morgan fingerprint density at radius 3 is 2.90 bits per heavy atom. The highest BCUT2D eigenvalue weighted by molar-refractivity contribution is 9.10. The molecule has 1 aromatic carbocycles. The maximum absolute atomic E-state index is 5.55. The van der Waals surface area contributed by atoms with Crippen molar-refractivity contribution in [3.05, 3.63) is 33.2 Å². The highest BCUT2D eigenvalue weighted by atomic mass is 79.9. The molecule has 2 rings (SSSR count). The molecule has 0 bridgehead atoms. The molecular formula is C14H16BrN3O2S. The summed E-state index contributed by atoms with van der Waals surface area (Å²) < 4.78 is 11.7. The molecule has 112 valence electrons. The Morgan fingerprint density at radius 2 is 2.29 bits per heavy atom. The number of anilines is 1. The summed E-state index contributed by atoms with van der Waals surface area (Å²) >= 11 is 5.00. The number of methoxy groups -OCH3 is 1. The van der Waals surface area contributed by atoms with Gasteiger partial charge in [0.05, 0.1) is 30.1 Å². The van der Waals surface area contributed by atoms with E-state index in [0.717, 1.165) is 20.9 Å². The Morgan fingerprint density at radius 1 is 1.48 bits per heavy atom. The average molecular weight is 370 g/mol. The van der Waals surface area contributed by atoms with Crippen molar-refractivity contribution in [1.29, 1.82) is 0 Å². The molecule has 0 atom stereocenters. The molecule has 1 N–H and O–H groups in total. The van der Waals surface area contributed by atoms with Crippen LogP contribution in [0, 0.1) is 6.92 Å². The first-order valence-electron chi connectivity index (χ1n) is 6.35. The van der Waals surface area contributed by atoms with Crippen LogP contribution in [0.5, 0.6) is 11.5 Å². The van der Waals surface area contributed by atoms with Crippen molar-refractivity contribution in [1.82, 2.24) is 4.98 Å². The van der Waals surface area contributed by atoms with Crippen molar-refractivity contribution in [3.8, 4) is 11.5 Å². The molecule has 0 spiro atoms. The lowest BCUT2D eigenvalue weighted by Gasteiger charge is -2.11. The maximum Gasteiger partial charge on any atom is 0.203 e. The van der Waals surface area contributed by atoms with E-state index in [1.54, 1.807) is 13.3 Å². The molecule has 0 aliphatic heterocycles. The number of ether oxygens (including phenoxy) is 2. The van der Waals surface area contributed by atoms with Crippen LogP contribution in [0.2, 0.25) is 0 Å². The summed E-state index contributed by atoms with van der Waals surface area (Å²) in [5.41, 5.74) is 4.77. The Balaban J connectivity index is 2.14. The zero-order valence-corrected chi connectivity index (χ0v) is 14.4. The van der Waals surface area contributed by atoms with Crippen LogP contribution in [0.15, 0.2) is 27.1 Å². The first-order chi connectivity index (χ1) is 10.1. The Hall–Kier alpha value is -1.60. The lowest BCUT2D eigenvalue weighted by molar-refractivity contribution is 0.309. The second kappa shape index (κ2) is 7.42. The predicted molar refractivity (Wildman–Crippen MR) is 89.9 cm³/mol. The van der Waals surface area contributed by atoms with Gasteiger partial charge in [0.25, 0.3) is 0 Å². The number of hydrogen-bond donors (Lipinski definition) is 1. The van der Waals surface area contributed by atoms with Gasteiger partial charge < -0.3 is 9.47 Å². The summed E-state index contributed by atoms with van der Waals surface area (Å²) in [7, 11) is 1.61. The second-order valence-corrected chi connectivity index (χ2v) is 5.84. The van der Waals surface area contributed by atoms with E-state index >= 15 is 0 Å². The van der Waals surface area contributed by atoms with E-state index in [2.05, 4.69) is 31.4 Å². The van der Waals surface area contributed by atoms with E-state index in [-0.39, 0.29) is 0 Å². The predicted octanol–water partition coefficient (Wildman–Crippen LogP) is 4.07. The topological polar surface area (TPSA) is 55.7 Å². The first kappa shape index (κ1) is 15.8. The highest BCUT2D eigenvalue weighted by Gasteiger charge is 2.10. The minimum atomic E-state index is 0.577. The number of benzene rings is 1. The lowest BCUT2D eigenvalue weighted by atomic mass is 10.2. The van der Waals surface area contributed by atoms with E-state index in [9.17, 15) is 0 Å². The number of nitrogens with one attached hydrogen (secondary N) is 1. The van der Waals surface area contributed by atoms with Crippen LogP contribution in [0.1, 0.15) is 18.2 Å². The molecule has 5 nitrogen and oxygen atoms in total. The summed E-state index contributed by atoms with van der Waals surface area (Å²) in [6.45, 7) is 4.45. The molecule has 0 unspecified atom stereocenters. The van der Waals surface area contributed by atoms with Crippen molar-refractivity contribution in [2.24, 2.45) is 5.10 Å². The van der Waals surface area contributed by atoms with Gasteiger partial charge in [0, 0.05) is 5.38 Å². The van der Waals surface area contributed by atoms with Crippen molar-refractivity contribution < 1.29 is 9.47 Å². The number of aryl methyl sites for hydroxylation is 1. The van der Waals surface area contributed by atoms with E-state index in [1.165, 1.54) is 11.3 Å². The Bertz CT molecular complexity index is 643. The number of halogens is 1. The molecule has 0 saturated carbocycles. The van der Waals surface area contributed by atoms with Crippen molar-refractivity contribution in [2.45, 2.75) is 13.8 Å². The van der Waals surface area contributed by atoms with Gasteiger partial charge in [-0.15, -0.1) is 11.3 Å². The monoisotopic (exact) mass is 369 g/mol. The lowest BCUT2D eigenvalue weighted by Crippen LogP contribution is -1.98. The fraction of sp³-hybridized carbons (Fsp3) is 0.286. The van der Waals surface area contributed by atoms with Gasteiger partial charge in [-0.3, -0.25) is 5.43 Å². The van der Waals surface area contributed by atoms with Crippen LogP contribution < -0.4 is 14.9 Å². The smallest absolute Gasteiger partial charge is 0.203 e. The molecule has 0 aliphatic rings. The Labute approximate surface area is 136 Å². The molecule has 1 aromatic heterocycles. The second-order valence-electron chi connectivity index (χ2n) is 4.13. The minimum absolute atomic E-state index is 0.577. The number of rotatable bonds is 6. The zero-order chi connectivity index (χ0) is 15.2. The van der Waals surface area contributed by atoms with Gasteiger partial charge in [0.2, 0.25) is 5.13 Å². The summed E-state index contributed by atoms with van der Waals surface area (Å²) in [5.74, 6) is 1.36. The molecule has 0 radical (unpaired) electrons. The number of hydrogen-bond acceptors (Lipinski definition) is 6. The molecule has 0 fully saturated rings. The van der Waals surface area contributed by atoms with Gasteiger partial charge in [-0.05, 0) is 47.5 Å². The van der Waals surface area contributed by atoms with Crippen molar-refractivity contribution >= 4 is 38.6 Å². The first-order valence-corrected chi connectivity index (χ1v) is 8.02. The van der Waals surface area contributed by atoms with Crippen LogP contribution in [0.25, 0.3) is 0 Å². The molecule has 21 heavy (non-hydrogen) atoms. The SMILES string of the molecule is CCOc1c(Br)cc(C=NNc2nc(C)cs2)cc1OC. The standard InChI is InChI=1S/C14H16BrN3O2S/c1-4-20-13-11(15)5-10(6-12(13)19-3)7-16-18-14-17-9(2)8-21-14/h5-8H,4H2,1-3H3,(H,17,18). The van der Waals surface area contributed by atoms with Gasteiger partial charge in [-0.1, -0.05) is 0 Å². The Kier molecular flexibility index (Phi) is 5.58. The van der Waals surface area contributed by atoms with Gasteiger partial charge in [0.15, 0.2) is 11.5 Å². The van der Waals surface area contributed by atoms with Gasteiger partial charge in [-0.2, -0.15) is 5.10 Å². The van der Waals surface area contributed by atoms with Crippen LogP contribution in [-0.4, -0.2) is 24.9 Å². The molecule has 7 heteroatoms. The molecule has 0 saturated heterocycles. The largest absolute Gasteiger partial charge is 0.493 e. The van der Waals surface area contributed by atoms with E-state index in [1.807, 2.05) is 31.4 Å². The van der Waals surface area contributed by atoms with Crippen LogP contribution in [-0.2, 0) is 0 Å². The zero-order valence-electron chi connectivity index (χ0n) is 12.0. The number of aromatic nitrogens is 1. The third-order valence-corrected chi connectivity index (χ3v) is 3.99. The van der Waals surface area contributed by atoms with Crippen LogP contribution in [0.4, 0.5) is 5.13 Å².